The van der Waals surface area contributed by atoms with Gasteiger partial charge < -0.3 is 4.84 Å². The van der Waals surface area contributed by atoms with E-state index in [-0.39, 0.29) is 27.2 Å². The van der Waals surface area contributed by atoms with Crippen LogP contribution < -0.4 is 5.32 Å². The van der Waals surface area contributed by atoms with Crippen molar-refractivity contribution in [2.24, 2.45) is 5.16 Å². The van der Waals surface area contributed by atoms with Gasteiger partial charge in [0.05, 0.1) is 16.8 Å². The minimum atomic E-state index is -4.77. The van der Waals surface area contributed by atoms with Gasteiger partial charge in [-0.2, -0.15) is 13.2 Å². The predicted molar refractivity (Wildman–Crippen MR) is 131 cm³/mol. The van der Waals surface area contributed by atoms with Gasteiger partial charge >= 0.3 is 6.18 Å². The lowest BCUT2D eigenvalue weighted by Gasteiger charge is -2.29. The van der Waals surface area contributed by atoms with Crippen LogP contribution in [0.5, 0.6) is 0 Å². The third-order valence-corrected chi connectivity index (χ3v) is 7.67. The second-order valence-corrected chi connectivity index (χ2v) is 10.3. The van der Waals surface area contributed by atoms with Crippen LogP contribution in [-0.4, -0.2) is 23.7 Å². The van der Waals surface area contributed by atoms with E-state index in [0.717, 1.165) is 23.1 Å². The molecule has 2 unspecified atom stereocenters. The van der Waals surface area contributed by atoms with Crippen molar-refractivity contribution in [2.45, 2.75) is 37.0 Å². The average Bonchev–Trinajstić information content (AvgIpc) is 3.54. The second-order valence-electron chi connectivity index (χ2n) is 9.38. The molecular weight excluding hydrogens is 528 g/mol. The highest BCUT2D eigenvalue weighted by Gasteiger charge is 2.62. The number of oxime groups is 1. The van der Waals surface area contributed by atoms with Crippen molar-refractivity contribution in [2.75, 3.05) is 0 Å². The Labute approximate surface area is 219 Å². The SMILES string of the molecule is O=C1NC(=O)c2cc(C3CCc4cc(C5=NOC(c6cc(Cl)cc(Cl)c6)(C(F)(F)F)C5)ccc43)ccc21. The summed E-state index contributed by atoms with van der Waals surface area (Å²) in [5.74, 6) is -0.816. The standard InChI is InChI=1S/C27H17Cl2F3N2O3/c28-17-9-16(10-18(29)11-17)26(27(30,31)32)12-23(34-37-26)15-3-5-19-13(7-15)1-4-20(19)14-2-6-21-22(8-14)25(36)33-24(21)35/h2-3,5-11,20H,1,4,12H2,(H,33,35,36). The molecule has 10 heteroatoms. The summed E-state index contributed by atoms with van der Waals surface area (Å²) >= 11 is 12.0. The predicted octanol–water partition coefficient (Wildman–Crippen LogP) is 6.54. The number of benzene rings is 3. The molecule has 3 aromatic rings. The van der Waals surface area contributed by atoms with Crippen molar-refractivity contribution in [3.63, 3.8) is 0 Å². The molecule has 2 heterocycles. The van der Waals surface area contributed by atoms with Gasteiger partial charge in [-0.1, -0.05) is 46.6 Å². The number of rotatable bonds is 3. The van der Waals surface area contributed by atoms with Crippen molar-refractivity contribution < 1.29 is 27.6 Å². The molecule has 0 fully saturated rings. The molecule has 0 bridgehead atoms. The fourth-order valence-electron chi connectivity index (χ4n) is 5.39. The summed E-state index contributed by atoms with van der Waals surface area (Å²) in [4.78, 5) is 29.1. The van der Waals surface area contributed by atoms with Crippen LogP contribution in [0.2, 0.25) is 10.0 Å². The Morgan fingerprint density at radius 3 is 2.41 bits per heavy atom. The third-order valence-electron chi connectivity index (χ3n) is 7.23. The Bertz CT molecular complexity index is 1520. The first-order chi connectivity index (χ1) is 17.6. The zero-order valence-electron chi connectivity index (χ0n) is 19.0. The molecule has 3 aliphatic rings. The largest absolute Gasteiger partial charge is 0.435 e. The zero-order valence-corrected chi connectivity index (χ0v) is 20.5. The smallest absolute Gasteiger partial charge is 0.374 e. The normalized spacial score (nSPS) is 22.4. The van der Waals surface area contributed by atoms with Crippen LogP contribution in [0.3, 0.4) is 0 Å². The van der Waals surface area contributed by atoms with Crippen molar-refractivity contribution in [1.82, 2.24) is 5.32 Å². The molecule has 2 aliphatic heterocycles. The zero-order chi connectivity index (χ0) is 26.1. The third kappa shape index (κ3) is 3.81. The number of halogens is 5. The van der Waals surface area contributed by atoms with Crippen molar-refractivity contribution >= 4 is 40.7 Å². The Kier molecular flexibility index (Phi) is 5.40. The number of nitrogens with one attached hydrogen (secondary N) is 1. The maximum Gasteiger partial charge on any atom is 0.435 e. The van der Waals surface area contributed by atoms with Gasteiger partial charge in [0.1, 0.15) is 0 Å². The Balaban J connectivity index is 1.30. The minimum absolute atomic E-state index is 0.00230. The van der Waals surface area contributed by atoms with Gasteiger partial charge in [0.15, 0.2) is 0 Å². The van der Waals surface area contributed by atoms with E-state index in [1.807, 2.05) is 18.2 Å². The molecule has 1 aliphatic carbocycles. The number of carbonyl (C=O) groups excluding carboxylic acids is 2. The first kappa shape index (κ1) is 24.0. The molecule has 1 N–H and O–H groups in total. The molecule has 0 spiro atoms. The Hall–Kier alpha value is -3.36. The van der Waals surface area contributed by atoms with Crippen molar-refractivity contribution in [1.29, 1.82) is 0 Å². The number of alkyl halides is 3. The van der Waals surface area contributed by atoms with Gasteiger partial charge in [-0.05, 0) is 71.5 Å². The van der Waals surface area contributed by atoms with Gasteiger partial charge in [-0.3, -0.25) is 14.9 Å². The number of fused-ring (bicyclic) bond motifs is 2. The van der Waals surface area contributed by atoms with E-state index in [9.17, 15) is 22.8 Å². The van der Waals surface area contributed by atoms with Gasteiger partial charge in [-0.25, -0.2) is 0 Å². The van der Waals surface area contributed by atoms with E-state index in [1.54, 1.807) is 18.2 Å². The van der Waals surface area contributed by atoms with Gasteiger partial charge in [0.25, 0.3) is 17.4 Å². The minimum Gasteiger partial charge on any atom is -0.374 e. The van der Waals surface area contributed by atoms with Crippen LogP contribution >= 0.6 is 23.2 Å². The number of aryl methyl sites for hydroxylation is 1. The maximum atomic E-state index is 14.3. The van der Waals surface area contributed by atoms with Crippen LogP contribution in [0.15, 0.2) is 59.8 Å². The second kappa shape index (κ2) is 8.33. The molecule has 6 rings (SSSR count). The van der Waals surface area contributed by atoms with Crippen LogP contribution in [0, 0.1) is 0 Å². The van der Waals surface area contributed by atoms with Gasteiger partial charge in [-0.15, -0.1) is 0 Å². The molecule has 3 aromatic carbocycles. The maximum absolute atomic E-state index is 14.3. The summed E-state index contributed by atoms with van der Waals surface area (Å²) in [6.45, 7) is 0. The molecule has 2 atom stereocenters. The lowest BCUT2D eigenvalue weighted by atomic mass is 9.85. The lowest BCUT2D eigenvalue weighted by Crippen LogP contribution is -2.42. The van der Waals surface area contributed by atoms with Crippen LogP contribution in [0.4, 0.5) is 13.2 Å². The molecular formula is C27H17Cl2F3N2O3. The molecule has 37 heavy (non-hydrogen) atoms. The van der Waals surface area contributed by atoms with Crippen molar-refractivity contribution in [3.8, 4) is 0 Å². The highest BCUT2D eigenvalue weighted by molar-refractivity contribution is 6.34. The molecule has 2 amide bonds. The summed E-state index contributed by atoms with van der Waals surface area (Å²) in [6, 6.07) is 14.4. The van der Waals surface area contributed by atoms with E-state index >= 15 is 0 Å². The van der Waals surface area contributed by atoms with Gasteiger partial charge in [0.2, 0.25) is 0 Å². The summed E-state index contributed by atoms with van der Waals surface area (Å²) < 4.78 is 43.0. The highest BCUT2D eigenvalue weighted by Crippen LogP contribution is 2.50. The lowest BCUT2D eigenvalue weighted by molar-refractivity contribution is -0.275. The molecule has 0 aromatic heterocycles. The molecule has 5 nitrogen and oxygen atoms in total. The number of nitrogens with zero attached hydrogens (tertiary/aromatic N) is 1. The fraction of sp³-hybridized carbons (Fsp3) is 0.222. The van der Waals surface area contributed by atoms with E-state index in [0.29, 0.717) is 23.1 Å². The number of amides is 2. The summed E-state index contributed by atoms with van der Waals surface area (Å²) in [5, 5.41) is 6.29. The molecule has 0 saturated heterocycles. The first-order valence-electron chi connectivity index (χ1n) is 11.5. The summed E-state index contributed by atoms with van der Waals surface area (Å²) in [6.07, 6.45) is -3.82. The first-order valence-corrected chi connectivity index (χ1v) is 12.2. The van der Waals surface area contributed by atoms with Crippen LogP contribution in [0.1, 0.15) is 67.3 Å². The number of hydrogen-bond acceptors (Lipinski definition) is 4. The average molecular weight is 545 g/mol. The van der Waals surface area contributed by atoms with Crippen LogP contribution in [-0.2, 0) is 16.9 Å². The van der Waals surface area contributed by atoms with E-state index in [2.05, 4.69) is 10.5 Å². The quantitative estimate of drug-likeness (QED) is 0.381. The van der Waals surface area contributed by atoms with Crippen LogP contribution in [0.25, 0.3) is 0 Å². The number of carbonyl (C=O) groups is 2. The highest BCUT2D eigenvalue weighted by atomic mass is 35.5. The number of imide groups is 1. The Morgan fingerprint density at radius 2 is 1.68 bits per heavy atom. The molecule has 0 saturated carbocycles. The fourth-order valence-corrected chi connectivity index (χ4v) is 5.92. The molecule has 0 radical (unpaired) electrons. The van der Waals surface area contributed by atoms with E-state index in [1.165, 1.54) is 18.2 Å². The topological polar surface area (TPSA) is 67.8 Å². The molecule has 188 valence electrons. The summed E-state index contributed by atoms with van der Waals surface area (Å²) in [5.41, 5.74) is 1.44. The van der Waals surface area contributed by atoms with Crippen molar-refractivity contribution in [3.05, 3.63) is 104 Å². The van der Waals surface area contributed by atoms with Gasteiger partial charge in [0, 0.05) is 27.9 Å². The Morgan fingerprint density at radius 1 is 0.946 bits per heavy atom. The van der Waals surface area contributed by atoms with E-state index in [4.69, 9.17) is 28.0 Å². The number of hydrogen-bond donors (Lipinski definition) is 1. The monoisotopic (exact) mass is 544 g/mol. The van der Waals surface area contributed by atoms with E-state index < -0.39 is 30.0 Å². The summed E-state index contributed by atoms with van der Waals surface area (Å²) in [7, 11) is 0.